The standard InChI is InChI=1S/C27H28N2O3/c1-27(2,3)21-9-7-19(8-10-21)20(16-22-6-4-5-13-28-22)17-26(30)29-23-11-12-24-25(18-23)32-15-14-31-24/h4-13,17-18H,14-16H2,1-3H3,(H,29,30)/b20-17+. The second kappa shape index (κ2) is 9.27. The number of hydrogen-bond donors (Lipinski definition) is 1. The van der Waals surface area contributed by atoms with Crippen LogP contribution in [-0.2, 0) is 16.6 Å². The molecule has 2 aromatic carbocycles. The lowest BCUT2D eigenvalue weighted by molar-refractivity contribution is -0.111. The summed E-state index contributed by atoms with van der Waals surface area (Å²) < 4.78 is 11.2. The lowest BCUT2D eigenvalue weighted by atomic mass is 9.86. The molecule has 3 aromatic rings. The van der Waals surface area contributed by atoms with Gasteiger partial charge in [-0.25, -0.2) is 0 Å². The normalized spacial score (nSPS) is 13.5. The van der Waals surface area contributed by atoms with Gasteiger partial charge in [0.1, 0.15) is 13.2 Å². The van der Waals surface area contributed by atoms with Crippen molar-refractivity contribution < 1.29 is 14.3 Å². The molecule has 164 valence electrons. The highest BCUT2D eigenvalue weighted by molar-refractivity contribution is 6.04. The van der Waals surface area contributed by atoms with E-state index >= 15 is 0 Å². The third kappa shape index (κ3) is 5.35. The molecule has 0 radical (unpaired) electrons. The van der Waals surface area contributed by atoms with Crippen LogP contribution in [0, 0.1) is 0 Å². The highest BCUT2D eigenvalue weighted by Gasteiger charge is 2.15. The average molecular weight is 429 g/mol. The number of nitrogens with zero attached hydrogens (tertiary/aromatic N) is 1. The summed E-state index contributed by atoms with van der Waals surface area (Å²) in [4.78, 5) is 17.3. The molecule has 1 N–H and O–H groups in total. The van der Waals surface area contributed by atoms with E-state index in [9.17, 15) is 4.79 Å². The van der Waals surface area contributed by atoms with Crippen molar-refractivity contribution in [3.05, 3.63) is 89.8 Å². The first-order valence-electron chi connectivity index (χ1n) is 10.8. The Bertz CT molecular complexity index is 1110. The van der Waals surface area contributed by atoms with Gasteiger partial charge in [0, 0.05) is 36.1 Å². The molecule has 4 rings (SSSR count). The largest absolute Gasteiger partial charge is 0.486 e. The van der Waals surface area contributed by atoms with Crippen LogP contribution in [-0.4, -0.2) is 24.1 Å². The molecular weight excluding hydrogens is 400 g/mol. The summed E-state index contributed by atoms with van der Waals surface area (Å²) in [6.07, 6.45) is 3.98. The lowest BCUT2D eigenvalue weighted by Crippen LogP contribution is -2.16. The first kappa shape index (κ1) is 21.6. The molecule has 1 aliphatic heterocycles. The molecule has 1 aromatic heterocycles. The molecule has 0 spiro atoms. The van der Waals surface area contributed by atoms with Crippen molar-refractivity contribution in [3.8, 4) is 11.5 Å². The van der Waals surface area contributed by atoms with Crippen molar-refractivity contribution in [2.75, 3.05) is 18.5 Å². The van der Waals surface area contributed by atoms with Gasteiger partial charge in [-0.3, -0.25) is 9.78 Å². The summed E-state index contributed by atoms with van der Waals surface area (Å²) in [5, 5.41) is 2.94. The smallest absolute Gasteiger partial charge is 0.248 e. The van der Waals surface area contributed by atoms with Crippen molar-refractivity contribution in [2.45, 2.75) is 32.6 Å². The number of amides is 1. The van der Waals surface area contributed by atoms with E-state index in [0.29, 0.717) is 36.8 Å². The van der Waals surface area contributed by atoms with Crippen molar-refractivity contribution in [1.29, 1.82) is 0 Å². The molecular formula is C27H28N2O3. The van der Waals surface area contributed by atoms with Crippen molar-refractivity contribution >= 4 is 17.2 Å². The Balaban J connectivity index is 1.59. The summed E-state index contributed by atoms with van der Waals surface area (Å²) >= 11 is 0. The molecule has 32 heavy (non-hydrogen) atoms. The summed E-state index contributed by atoms with van der Waals surface area (Å²) in [7, 11) is 0. The molecule has 1 amide bonds. The lowest BCUT2D eigenvalue weighted by Gasteiger charge is -2.20. The van der Waals surface area contributed by atoms with Crippen molar-refractivity contribution in [3.63, 3.8) is 0 Å². The highest BCUT2D eigenvalue weighted by Crippen LogP contribution is 2.32. The minimum atomic E-state index is -0.201. The number of benzene rings is 2. The van der Waals surface area contributed by atoms with Crippen LogP contribution in [0.2, 0.25) is 0 Å². The van der Waals surface area contributed by atoms with Gasteiger partial charge in [0.2, 0.25) is 5.91 Å². The maximum Gasteiger partial charge on any atom is 0.248 e. The van der Waals surface area contributed by atoms with Crippen molar-refractivity contribution in [2.24, 2.45) is 0 Å². The van der Waals surface area contributed by atoms with E-state index in [1.807, 2.05) is 30.3 Å². The van der Waals surface area contributed by atoms with Gasteiger partial charge < -0.3 is 14.8 Å². The molecule has 0 atom stereocenters. The quantitative estimate of drug-likeness (QED) is 0.552. The predicted octanol–water partition coefficient (Wildman–Crippen LogP) is 5.42. The second-order valence-corrected chi connectivity index (χ2v) is 8.84. The summed E-state index contributed by atoms with van der Waals surface area (Å²) in [5.74, 6) is 1.14. The fraction of sp³-hybridized carbons (Fsp3) is 0.259. The Morgan fingerprint density at radius 2 is 1.75 bits per heavy atom. The van der Waals surface area contributed by atoms with E-state index in [-0.39, 0.29) is 11.3 Å². The first-order valence-corrected chi connectivity index (χ1v) is 10.8. The highest BCUT2D eigenvalue weighted by atomic mass is 16.6. The third-order valence-electron chi connectivity index (χ3n) is 5.33. The fourth-order valence-corrected chi connectivity index (χ4v) is 3.58. The van der Waals surface area contributed by atoms with Gasteiger partial charge in [0.15, 0.2) is 11.5 Å². The fourth-order valence-electron chi connectivity index (χ4n) is 3.58. The summed E-state index contributed by atoms with van der Waals surface area (Å²) in [6, 6.07) is 19.6. The number of allylic oxidation sites excluding steroid dienone is 1. The summed E-state index contributed by atoms with van der Waals surface area (Å²) in [5.41, 5.74) is 4.79. The number of pyridine rings is 1. The van der Waals surface area contributed by atoms with E-state index in [4.69, 9.17) is 9.47 Å². The number of aromatic nitrogens is 1. The molecule has 0 unspecified atom stereocenters. The molecule has 1 aliphatic rings. The van der Waals surface area contributed by atoms with E-state index in [1.54, 1.807) is 18.3 Å². The van der Waals surface area contributed by atoms with E-state index in [1.165, 1.54) is 5.56 Å². The zero-order valence-corrected chi connectivity index (χ0v) is 18.7. The predicted molar refractivity (Wildman–Crippen MR) is 127 cm³/mol. The monoisotopic (exact) mass is 428 g/mol. The Morgan fingerprint density at radius 3 is 2.44 bits per heavy atom. The third-order valence-corrected chi connectivity index (χ3v) is 5.33. The molecule has 2 heterocycles. The van der Waals surface area contributed by atoms with Gasteiger partial charge in [-0.15, -0.1) is 0 Å². The van der Waals surface area contributed by atoms with Gasteiger partial charge in [-0.05, 0) is 46.4 Å². The van der Waals surface area contributed by atoms with Crippen LogP contribution in [0.3, 0.4) is 0 Å². The van der Waals surface area contributed by atoms with Crippen LogP contribution in [0.15, 0.2) is 72.9 Å². The van der Waals surface area contributed by atoms with Gasteiger partial charge in [0.05, 0.1) is 0 Å². The Hall–Kier alpha value is -3.60. The van der Waals surface area contributed by atoms with Crippen molar-refractivity contribution in [1.82, 2.24) is 4.98 Å². The first-order chi connectivity index (χ1) is 15.4. The minimum Gasteiger partial charge on any atom is -0.486 e. The molecule has 0 saturated heterocycles. The number of ether oxygens (including phenoxy) is 2. The van der Waals surface area contributed by atoms with Crippen LogP contribution in [0.1, 0.15) is 37.6 Å². The van der Waals surface area contributed by atoms with Gasteiger partial charge >= 0.3 is 0 Å². The summed E-state index contributed by atoms with van der Waals surface area (Å²) in [6.45, 7) is 7.60. The second-order valence-electron chi connectivity index (χ2n) is 8.84. The molecule has 5 heteroatoms. The zero-order chi connectivity index (χ0) is 22.6. The van der Waals surface area contributed by atoms with Crippen LogP contribution in [0.4, 0.5) is 5.69 Å². The van der Waals surface area contributed by atoms with Crippen LogP contribution < -0.4 is 14.8 Å². The van der Waals surface area contributed by atoms with E-state index < -0.39 is 0 Å². The number of fused-ring (bicyclic) bond motifs is 1. The van der Waals surface area contributed by atoms with E-state index in [2.05, 4.69) is 55.3 Å². The van der Waals surface area contributed by atoms with Crippen LogP contribution in [0.25, 0.3) is 5.57 Å². The Kier molecular flexibility index (Phi) is 6.26. The zero-order valence-electron chi connectivity index (χ0n) is 18.7. The number of anilines is 1. The Labute approximate surface area is 189 Å². The maximum absolute atomic E-state index is 12.9. The van der Waals surface area contributed by atoms with Gasteiger partial charge in [-0.1, -0.05) is 51.1 Å². The van der Waals surface area contributed by atoms with Crippen LogP contribution in [0.5, 0.6) is 11.5 Å². The van der Waals surface area contributed by atoms with E-state index in [0.717, 1.165) is 16.8 Å². The number of nitrogens with one attached hydrogen (secondary N) is 1. The van der Waals surface area contributed by atoms with Gasteiger partial charge in [-0.2, -0.15) is 0 Å². The number of carbonyl (C=O) groups excluding carboxylic acids is 1. The Morgan fingerprint density at radius 1 is 1.00 bits per heavy atom. The van der Waals surface area contributed by atoms with Crippen LogP contribution >= 0.6 is 0 Å². The number of rotatable bonds is 5. The maximum atomic E-state index is 12.9. The average Bonchev–Trinajstić information content (AvgIpc) is 2.79. The number of hydrogen-bond acceptors (Lipinski definition) is 4. The molecule has 0 aliphatic carbocycles. The van der Waals surface area contributed by atoms with Gasteiger partial charge in [0.25, 0.3) is 0 Å². The molecule has 0 bridgehead atoms. The topological polar surface area (TPSA) is 60.5 Å². The SMILES string of the molecule is CC(C)(C)c1ccc(/C(=C/C(=O)Nc2ccc3c(c2)OCCO3)Cc2ccccn2)cc1. The minimum absolute atomic E-state index is 0.0685. The molecule has 0 saturated carbocycles. The number of carbonyl (C=O) groups is 1. The molecule has 5 nitrogen and oxygen atoms in total. The molecule has 0 fully saturated rings.